The van der Waals surface area contributed by atoms with Crippen molar-refractivity contribution in [1.82, 2.24) is 9.55 Å². The standard InChI is InChI=1S/C37H35N3O7/c1-44-29-17-13-27(14-18-29)37(26-11-7-4-8-12-26,28-15-19-30(45-2)20-16-28)46-24-32-31(41)23-34(47-32)40-22-21-33(39-36(40)43)38-35(42)25-9-5-3-6-10-25/h3-22,31-32,34,41H,23-24H2,1-2H3,(H,38,39,42,43)/t31-,32-,34-/m1/s1. The van der Waals surface area contributed by atoms with Gasteiger partial charge in [0.05, 0.1) is 26.9 Å². The van der Waals surface area contributed by atoms with Crippen molar-refractivity contribution < 1.29 is 28.8 Å². The van der Waals surface area contributed by atoms with Gasteiger partial charge in [0.25, 0.3) is 5.91 Å². The normalized spacial score (nSPS) is 17.6. The van der Waals surface area contributed by atoms with Crippen molar-refractivity contribution in [3.05, 3.63) is 154 Å². The SMILES string of the molecule is COc1ccc(C(OC[C@H]2O[C@@H](n3ccc(NC(=O)c4ccccc4)nc3=O)C[C@H]2O)(c2ccccc2)c2ccc(OC)cc2)cc1. The lowest BCUT2D eigenvalue weighted by Crippen LogP contribution is -2.38. The Morgan fingerprint density at radius 3 is 1.96 bits per heavy atom. The van der Waals surface area contributed by atoms with Crippen molar-refractivity contribution in [1.29, 1.82) is 0 Å². The zero-order valence-electron chi connectivity index (χ0n) is 26.0. The lowest BCUT2D eigenvalue weighted by molar-refractivity contribution is -0.0944. The number of nitrogens with one attached hydrogen (secondary N) is 1. The summed E-state index contributed by atoms with van der Waals surface area (Å²) in [5, 5.41) is 13.8. The fourth-order valence-corrected chi connectivity index (χ4v) is 5.80. The van der Waals surface area contributed by atoms with Gasteiger partial charge in [0, 0.05) is 18.2 Å². The number of amides is 1. The minimum Gasteiger partial charge on any atom is -0.497 e. The zero-order valence-corrected chi connectivity index (χ0v) is 26.0. The molecule has 0 aliphatic carbocycles. The van der Waals surface area contributed by atoms with E-state index in [1.165, 1.54) is 16.8 Å². The summed E-state index contributed by atoms with van der Waals surface area (Å²) in [6.45, 7) is -0.00197. The number of aliphatic hydroxyl groups excluding tert-OH is 1. The van der Waals surface area contributed by atoms with Gasteiger partial charge in [0.2, 0.25) is 0 Å². The number of aliphatic hydroxyl groups is 1. The molecular weight excluding hydrogens is 598 g/mol. The van der Waals surface area contributed by atoms with Gasteiger partial charge in [0.1, 0.15) is 35.2 Å². The number of methoxy groups -OCH3 is 2. The van der Waals surface area contributed by atoms with Gasteiger partial charge >= 0.3 is 5.69 Å². The summed E-state index contributed by atoms with van der Waals surface area (Å²) in [6.07, 6.45) is -0.826. The number of hydrogen-bond donors (Lipinski definition) is 2. The molecule has 0 saturated carbocycles. The van der Waals surface area contributed by atoms with Gasteiger partial charge in [0.15, 0.2) is 0 Å². The van der Waals surface area contributed by atoms with Crippen LogP contribution in [0.15, 0.2) is 126 Å². The van der Waals surface area contributed by atoms with Gasteiger partial charge in [-0.2, -0.15) is 4.98 Å². The summed E-state index contributed by atoms with van der Waals surface area (Å²) in [5.41, 5.74) is 1.27. The van der Waals surface area contributed by atoms with Crippen LogP contribution in [-0.2, 0) is 15.1 Å². The molecule has 47 heavy (non-hydrogen) atoms. The van der Waals surface area contributed by atoms with E-state index in [9.17, 15) is 14.7 Å². The van der Waals surface area contributed by atoms with Crippen molar-refractivity contribution in [3.63, 3.8) is 0 Å². The molecule has 3 atom stereocenters. The molecular formula is C37H35N3O7. The largest absolute Gasteiger partial charge is 0.497 e. The highest BCUT2D eigenvalue weighted by molar-refractivity contribution is 6.03. The van der Waals surface area contributed by atoms with Crippen LogP contribution in [0.2, 0.25) is 0 Å². The molecule has 1 aliphatic heterocycles. The Morgan fingerprint density at radius 2 is 1.40 bits per heavy atom. The minimum atomic E-state index is -1.10. The van der Waals surface area contributed by atoms with E-state index in [1.54, 1.807) is 38.5 Å². The molecule has 5 aromatic rings. The number of benzene rings is 4. The van der Waals surface area contributed by atoms with Crippen LogP contribution >= 0.6 is 0 Å². The third-order valence-corrected chi connectivity index (χ3v) is 8.26. The lowest BCUT2D eigenvalue weighted by Gasteiger charge is -2.37. The Bertz CT molecular complexity index is 1800. The molecule has 1 saturated heterocycles. The maximum atomic E-state index is 13.0. The van der Waals surface area contributed by atoms with Crippen LogP contribution in [0.3, 0.4) is 0 Å². The maximum absolute atomic E-state index is 13.0. The summed E-state index contributed by atoms with van der Waals surface area (Å²) < 4.78 is 25.3. The van der Waals surface area contributed by atoms with Crippen molar-refractivity contribution in [2.24, 2.45) is 0 Å². The number of carbonyl (C=O) groups excluding carboxylic acids is 1. The number of ether oxygens (including phenoxy) is 4. The first-order chi connectivity index (χ1) is 22.9. The second-order valence-electron chi connectivity index (χ2n) is 11.1. The van der Waals surface area contributed by atoms with Gasteiger partial charge < -0.3 is 29.4 Å². The highest BCUT2D eigenvalue weighted by Gasteiger charge is 2.42. The molecule has 10 heteroatoms. The monoisotopic (exact) mass is 633 g/mol. The number of aromatic nitrogens is 2. The first kappa shape index (κ1) is 31.7. The van der Waals surface area contributed by atoms with E-state index >= 15 is 0 Å². The van der Waals surface area contributed by atoms with Gasteiger partial charge in [-0.05, 0) is 59.2 Å². The molecule has 4 aromatic carbocycles. The van der Waals surface area contributed by atoms with Gasteiger partial charge in [-0.25, -0.2) is 4.79 Å². The minimum absolute atomic E-state index is 0.00197. The van der Waals surface area contributed by atoms with Crippen LogP contribution in [-0.4, -0.2) is 53.6 Å². The highest BCUT2D eigenvalue weighted by atomic mass is 16.6. The third-order valence-electron chi connectivity index (χ3n) is 8.26. The van der Waals surface area contributed by atoms with Crippen LogP contribution in [0.4, 0.5) is 5.82 Å². The van der Waals surface area contributed by atoms with Crippen molar-refractivity contribution in [2.45, 2.75) is 30.5 Å². The van der Waals surface area contributed by atoms with Crippen molar-refractivity contribution in [2.75, 3.05) is 26.1 Å². The van der Waals surface area contributed by atoms with E-state index in [1.807, 2.05) is 84.9 Å². The molecule has 0 bridgehead atoms. The van der Waals surface area contributed by atoms with Gasteiger partial charge in [-0.3, -0.25) is 9.36 Å². The summed E-state index contributed by atoms with van der Waals surface area (Å²) in [7, 11) is 3.23. The molecule has 10 nitrogen and oxygen atoms in total. The van der Waals surface area contributed by atoms with Crippen LogP contribution < -0.4 is 20.5 Å². The topological polar surface area (TPSA) is 121 Å². The average molecular weight is 634 g/mol. The predicted octanol–water partition coefficient (Wildman–Crippen LogP) is 5.17. The molecule has 1 amide bonds. The van der Waals surface area contributed by atoms with Crippen LogP contribution in [0.1, 0.15) is 39.7 Å². The van der Waals surface area contributed by atoms with Crippen LogP contribution in [0.5, 0.6) is 11.5 Å². The van der Waals surface area contributed by atoms with Crippen molar-refractivity contribution in [3.8, 4) is 11.5 Å². The van der Waals surface area contributed by atoms with Crippen LogP contribution in [0, 0.1) is 0 Å². The second-order valence-corrected chi connectivity index (χ2v) is 11.1. The fourth-order valence-electron chi connectivity index (χ4n) is 5.80. The number of rotatable bonds is 11. The van der Waals surface area contributed by atoms with E-state index < -0.39 is 29.7 Å². The quantitative estimate of drug-likeness (QED) is 0.191. The molecule has 1 fully saturated rings. The average Bonchev–Trinajstić information content (AvgIpc) is 3.49. The summed E-state index contributed by atoms with van der Waals surface area (Å²) in [6, 6.07) is 35.3. The molecule has 240 valence electrons. The first-order valence-corrected chi connectivity index (χ1v) is 15.2. The second kappa shape index (κ2) is 14.0. The van der Waals surface area contributed by atoms with E-state index in [0.29, 0.717) is 17.1 Å². The zero-order chi connectivity index (χ0) is 32.8. The van der Waals surface area contributed by atoms with Crippen LogP contribution in [0.25, 0.3) is 0 Å². The molecule has 2 heterocycles. The van der Waals surface area contributed by atoms with E-state index in [-0.39, 0.29) is 24.8 Å². The molecule has 2 N–H and O–H groups in total. The predicted molar refractivity (Wildman–Crippen MR) is 176 cm³/mol. The van der Waals surface area contributed by atoms with Gasteiger partial charge in [-0.1, -0.05) is 72.8 Å². The lowest BCUT2D eigenvalue weighted by atomic mass is 9.80. The van der Waals surface area contributed by atoms with Gasteiger partial charge in [-0.15, -0.1) is 0 Å². The summed E-state index contributed by atoms with van der Waals surface area (Å²) in [5.74, 6) is 1.14. The summed E-state index contributed by atoms with van der Waals surface area (Å²) in [4.78, 5) is 29.6. The highest BCUT2D eigenvalue weighted by Crippen LogP contribution is 2.42. The van der Waals surface area contributed by atoms with E-state index in [0.717, 1.165) is 16.7 Å². The number of hydrogen-bond acceptors (Lipinski definition) is 8. The first-order valence-electron chi connectivity index (χ1n) is 15.2. The van der Waals surface area contributed by atoms with Crippen molar-refractivity contribution >= 4 is 11.7 Å². The number of nitrogens with zero attached hydrogens (tertiary/aromatic N) is 2. The Labute approximate surface area is 272 Å². The Kier molecular flexibility index (Phi) is 9.44. The Hall–Kier alpha value is -5.29. The third kappa shape index (κ3) is 6.66. The number of carbonyl (C=O) groups is 1. The van der Waals surface area contributed by atoms with E-state index in [4.69, 9.17) is 18.9 Å². The summed E-state index contributed by atoms with van der Waals surface area (Å²) >= 11 is 0. The fraction of sp³-hybridized carbons (Fsp3) is 0.216. The van der Waals surface area contributed by atoms with E-state index in [2.05, 4.69) is 10.3 Å². The molecule has 1 aliphatic rings. The number of anilines is 1. The maximum Gasteiger partial charge on any atom is 0.351 e. The Balaban J connectivity index is 1.26. The molecule has 0 radical (unpaired) electrons. The Morgan fingerprint density at radius 1 is 0.851 bits per heavy atom. The molecule has 0 unspecified atom stereocenters. The molecule has 6 rings (SSSR count). The molecule has 0 spiro atoms. The smallest absolute Gasteiger partial charge is 0.351 e. The molecule has 1 aromatic heterocycles.